The van der Waals surface area contributed by atoms with Gasteiger partial charge in [0.25, 0.3) is 0 Å². The van der Waals surface area contributed by atoms with Crippen LogP contribution in [0.15, 0.2) is 12.4 Å². The van der Waals surface area contributed by atoms with Crippen LogP contribution in [0.2, 0.25) is 0 Å². The summed E-state index contributed by atoms with van der Waals surface area (Å²) in [5.74, 6) is 1.18. The molecule has 1 N–H and O–H groups in total. The van der Waals surface area contributed by atoms with Gasteiger partial charge in [0, 0.05) is 6.04 Å². The molecule has 2 rings (SSSR count). The minimum absolute atomic E-state index is 0.327. The number of nitrogens with zero attached hydrogens (tertiary/aromatic N) is 2. The average Bonchev–Trinajstić information content (AvgIpc) is 2.35. The monoisotopic (exact) mass is 287 g/mol. The van der Waals surface area contributed by atoms with E-state index >= 15 is 0 Å². The molecule has 112 valence electrons. The molecule has 3 nitrogen and oxygen atoms in total. The van der Waals surface area contributed by atoms with Gasteiger partial charge in [0.1, 0.15) is 5.82 Å². The molecule has 1 aliphatic rings. The van der Waals surface area contributed by atoms with Crippen LogP contribution in [0, 0.1) is 5.92 Å². The van der Waals surface area contributed by atoms with Gasteiger partial charge >= 0.3 is 6.18 Å². The van der Waals surface area contributed by atoms with Gasteiger partial charge in [-0.25, -0.2) is 9.97 Å². The molecule has 0 atom stereocenters. The summed E-state index contributed by atoms with van der Waals surface area (Å²) in [6.45, 7) is 2.19. The third-order valence-electron chi connectivity index (χ3n) is 3.75. The second-order valence-electron chi connectivity index (χ2n) is 5.46. The molecule has 1 aromatic heterocycles. The Morgan fingerprint density at radius 1 is 1.20 bits per heavy atom. The molecular weight excluding hydrogens is 267 g/mol. The number of hydrogen-bond donors (Lipinski definition) is 1. The molecule has 1 fully saturated rings. The van der Waals surface area contributed by atoms with Crippen molar-refractivity contribution in [2.45, 2.75) is 57.7 Å². The van der Waals surface area contributed by atoms with E-state index in [1.807, 2.05) is 0 Å². The first kappa shape index (κ1) is 15.1. The van der Waals surface area contributed by atoms with Gasteiger partial charge in [-0.2, -0.15) is 13.2 Å². The van der Waals surface area contributed by atoms with Crippen molar-refractivity contribution in [1.82, 2.24) is 9.97 Å². The van der Waals surface area contributed by atoms with Crippen molar-refractivity contribution in [3.63, 3.8) is 0 Å². The van der Waals surface area contributed by atoms with Crippen LogP contribution in [0.4, 0.5) is 19.0 Å². The number of anilines is 1. The van der Waals surface area contributed by atoms with Crippen molar-refractivity contribution in [1.29, 1.82) is 0 Å². The Kier molecular flexibility index (Phi) is 4.83. The number of nitrogens with one attached hydrogen (secondary N) is 1. The van der Waals surface area contributed by atoms with Crippen molar-refractivity contribution in [3.05, 3.63) is 18.1 Å². The number of hydrogen-bond acceptors (Lipinski definition) is 3. The van der Waals surface area contributed by atoms with Crippen LogP contribution in [0.3, 0.4) is 0 Å². The molecule has 1 heterocycles. The average molecular weight is 287 g/mol. The highest BCUT2D eigenvalue weighted by molar-refractivity contribution is 5.33. The third kappa shape index (κ3) is 4.08. The highest BCUT2D eigenvalue weighted by Crippen LogP contribution is 2.34. The van der Waals surface area contributed by atoms with Gasteiger partial charge in [-0.3, -0.25) is 0 Å². The van der Waals surface area contributed by atoms with Crippen molar-refractivity contribution in [2.24, 2.45) is 5.92 Å². The van der Waals surface area contributed by atoms with Crippen LogP contribution in [0.25, 0.3) is 0 Å². The lowest BCUT2D eigenvalue weighted by molar-refractivity contribution is -0.141. The topological polar surface area (TPSA) is 37.8 Å². The molecule has 1 saturated carbocycles. The zero-order valence-electron chi connectivity index (χ0n) is 11.6. The van der Waals surface area contributed by atoms with E-state index in [9.17, 15) is 13.2 Å². The molecule has 0 saturated heterocycles. The van der Waals surface area contributed by atoms with Gasteiger partial charge in [-0.1, -0.05) is 32.6 Å². The molecule has 0 spiro atoms. The predicted molar refractivity (Wildman–Crippen MR) is 71.3 cm³/mol. The van der Waals surface area contributed by atoms with E-state index < -0.39 is 11.9 Å². The lowest BCUT2D eigenvalue weighted by atomic mass is 9.77. The molecule has 0 aromatic carbocycles. The van der Waals surface area contributed by atoms with Gasteiger partial charge in [0.05, 0.1) is 12.4 Å². The van der Waals surface area contributed by atoms with E-state index in [0.29, 0.717) is 11.9 Å². The molecular formula is C14H20F3N3. The predicted octanol–water partition coefficient (Wildman–Crippen LogP) is 4.27. The van der Waals surface area contributed by atoms with Crippen molar-refractivity contribution >= 4 is 5.82 Å². The summed E-state index contributed by atoms with van der Waals surface area (Å²) in [4.78, 5) is 7.16. The molecule has 0 bridgehead atoms. The molecule has 0 amide bonds. The summed E-state index contributed by atoms with van der Waals surface area (Å²) < 4.78 is 37.0. The van der Waals surface area contributed by atoms with Crippen molar-refractivity contribution in [3.8, 4) is 0 Å². The van der Waals surface area contributed by atoms with E-state index in [2.05, 4.69) is 22.2 Å². The Morgan fingerprint density at radius 2 is 1.95 bits per heavy atom. The Hall–Kier alpha value is -1.33. The fraction of sp³-hybridized carbons (Fsp3) is 0.714. The van der Waals surface area contributed by atoms with Crippen LogP contribution in [0.1, 0.15) is 51.1 Å². The van der Waals surface area contributed by atoms with Crippen LogP contribution >= 0.6 is 0 Å². The van der Waals surface area contributed by atoms with Gasteiger partial charge < -0.3 is 5.32 Å². The van der Waals surface area contributed by atoms with E-state index in [4.69, 9.17) is 0 Å². The van der Waals surface area contributed by atoms with Gasteiger partial charge in [-0.15, -0.1) is 0 Å². The Morgan fingerprint density at radius 3 is 2.50 bits per heavy atom. The van der Waals surface area contributed by atoms with Crippen LogP contribution in [0.5, 0.6) is 0 Å². The molecule has 1 aromatic rings. The van der Waals surface area contributed by atoms with E-state index in [1.54, 1.807) is 0 Å². The van der Waals surface area contributed by atoms with Gasteiger partial charge in [-0.05, 0) is 18.8 Å². The highest BCUT2D eigenvalue weighted by atomic mass is 19.4. The summed E-state index contributed by atoms with van der Waals surface area (Å²) in [7, 11) is 0. The Bertz CT molecular complexity index is 411. The molecule has 0 unspecified atom stereocenters. The molecule has 20 heavy (non-hydrogen) atoms. The first-order chi connectivity index (χ1) is 9.49. The summed E-state index contributed by atoms with van der Waals surface area (Å²) >= 11 is 0. The summed E-state index contributed by atoms with van der Waals surface area (Å²) in [6.07, 6.45) is 4.70. The minimum Gasteiger partial charge on any atom is -0.366 e. The lowest BCUT2D eigenvalue weighted by Gasteiger charge is -2.36. The standard InChI is InChI=1S/C14H20F3N3/c1-2-3-4-5-10-6-11(7-10)20-13-9-18-12(8-19-13)14(15,16)17/h8-11H,2-7H2,1H3,(H,19,20)/t10-,11+. The van der Waals surface area contributed by atoms with Crippen molar-refractivity contribution < 1.29 is 13.2 Å². The largest absolute Gasteiger partial charge is 0.434 e. The quantitative estimate of drug-likeness (QED) is 0.794. The first-order valence-corrected chi connectivity index (χ1v) is 7.14. The number of unbranched alkanes of at least 4 members (excludes halogenated alkanes) is 2. The number of alkyl halides is 3. The molecule has 1 aliphatic carbocycles. The Labute approximate surface area is 117 Å². The van der Waals surface area contributed by atoms with Crippen LogP contribution < -0.4 is 5.32 Å². The summed E-state index contributed by atoms with van der Waals surface area (Å²) in [6, 6.07) is 0.327. The van der Waals surface area contributed by atoms with E-state index in [-0.39, 0.29) is 0 Å². The zero-order chi connectivity index (χ0) is 14.6. The maximum Gasteiger partial charge on any atom is 0.434 e. The minimum atomic E-state index is -4.42. The number of rotatable bonds is 6. The van der Waals surface area contributed by atoms with Crippen LogP contribution in [-0.4, -0.2) is 16.0 Å². The zero-order valence-corrected chi connectivity index (χ0v) is 11.6. The fourth-order valence-corrected chi connectivity index (χ4v) is 2.53. The maximum absolute atomic E-state index is 12.3. The number of aromatic nitrogens is 2. The SMILES string of the molecule is CCCCC[C@H]1C[C@@H](Nc2cnc(C(F)(F)F)cn2)C1. The number of halogens is 3. The van der Waals surface area contributed by atoms with Crippen molar-refractivity contribution in [2.75, 3.05) is 5.32 Å². The second kappa shape index (κ2) is 6.41. The molecule has 0 aliphatic heterocycles. The second-order valence-corrected chi connectivity index (χ2v) is 5.46. The van der Waals surface area contributed by atoms with E-state index in [0.717, 1.165) is 31.2 Å². The maximum atomic E-state index is 12.3. The highest BCUT2D eigenvalue weighted by Gasteiger charge is 2.33. The first-order valence-electron chi connectivity index (χ1n) is 7.14. The van der Waals surface area contributed by atoms with Gasteiger partial charge in [0.2, 0.25) is 0 Å². The van der Waals surface area contributed by atoms with E-state index in [1.165, 1.54) is 25.7 Å². The third-order valence-corrected chi connectivity index (χ3v) is 3.75. The molecule has 0 radical (unpaired) electrons. The summed E-state index contributed by atoms with van der Waals surface area (Å²) in [5.41, 5.74) is -0.950. The molecule has 6 heteroatoms. The van der Waals surface area contributed by atoms with Crippen LogP contribution in [-0.2, 0) is 6.18 Å². The smallest absolute Gasteiger partial charge is 0.366 e. The van der Waals surface area contributed by atoms with Gasteiger partial charge in [0.15, 0.2) is 5.69 Å². The summed E-state index contributed by atoms with van der Waals surface area (Å²) in [5, 5.41) is 3.14. The normalized spacial score (nSPS) is 22.4. The fourth-order valence-electron chi connectivity index (χ4n) is 2.53. The Balaban J connectivity index is 1.73. The lowest BCUT2D eigenvalue weighted by Crippen LogP contribution is -2.35.